The highest BCUT2D eigenvalue weighted by Crippen LogP contribution is 2.37. The second kappa shape index (κ2) is 5.26. The third-order valence-corrected chi connectivity index (χ3v) is 1.98. The molecule has 0 aliphatic rings. The minimum Gasteiger partial charge on any atom is -0.489 e. The van der Waals surface area contributed by atoms with Crippen LogP contribution in [-0.4, -0.2) is 28.6 Å². The number of pyridine rings is 1. The minimum absolute atomic E-state index is 0.525. The van der Waals surface area contributed by atoms with Crippen molar-refractivity contribution in [3.8, 4) is 11.6 Å². The van der Waals surface area contributed by atoms with Gasteiger partial charge in [0, 0.05) is 0 Å². The highest BCUT2D eigenvalue weighted by atomic mass is 35.5. The molecule has 0 aliphatic carbocycles. The van der Waals surface area contributed by atoms with E-state index in [9.17, 15) is 28.1 Å². The molecule has 0 aliphatic heterocycles. The molecule has 0 spiro atoms. The Morgan fingerprint density at radius 1 is 1.53 bits per heavy atom. The van der Waals surface area contributed by atoms with Gasteiger partial charge in [-0.15, -0.1) is 13.2 Å². The summed E-state index contributed by atoms with van der Waals surface area (Å²) in [6, 6.07) is 0. The van der Waals surface area contributed by atoms with Gasteiger partial charge in [-0.1, -0.05) is 0 Å². The van der Waals surface area contributed by atoms with E-state index in [1.165, 1.54) is 0 Å². The standard InChI is InChI=1S/C8H4ClF3N2O5/c1-18-3-2-13-7(19-8(10,11)12)4(6(9)15)5(3)14(16)17/h2H,1H3. The molecule has 0 saturated heterocycles. The number of nitrogens with zero attached hydrogens (tertiary/aromatic N) is 2. The maximum absolute atomic E-state index is 12.1. The summed E-state index contributed by atoms with van der Waals surface area (Å²) < 4.78 is 44.2. The number of nitro groups is 1. The van der Waals surface area contributed by atoms with Gasteiger partial charge in [0.2, 0.25) is 11.6 Å². The van der Waals surface area contributed by atoms with E-state index in [1.54, 1.807) is 0 Å². The maximum Gasteiger partial charge on any atom is 0.574 e. The van der Waals surface area contributed by atoms with Crippen molar-refractivity contribution in [2.75, 3.05) is 7.11 Å². The molecule has 0 aromatic carbocycles. The first-order chi connectivity index (χ1) is 8.67. The van der Waals surface area contributed by atoms with Crippen LogP contribution in [0, 0.1) is 10.1 Å². The molecule has 0 fully saturated rings. The predicted octanol–water partition coefficient (Wildman–Crippen LogP) is 2.28. The Morgan fingerprint density at radius 3 is 2.47 bits per heavy atom. The molecule has 0 atom stereocenters. The summed E-state index contributed by atoms with van der Waals surface area (Å²) in [6.07, 6.45) is -4.57. The first-order valence-electron chi connectivity index (χ1n) is 4.34. The molecule has 0 bridgehead atoms. The van der Waals surface area contributed by atoms with Gasteiger partial charge in [-0.25, -0.2) is 4.98 Å². The third kappa shape index (κ3) is 3.44. The topological polar surface area (TPSA) is 91.6 Å². The van der Waals surface area contributed by atoms with E-state index in [0.29, 0.717) is 6.20 Å². The van der Waals surface area contributed by atoms with Crippen LogP contribution >= 0.6 is 11.6 Å². The molecule has 0 amide bonds. The Kier molecular flexibility index (Phi) is 4.14. The van der Waals surface area contributed by atoms with Crippen molar-refractivity contribution in [1.29, 1.82) is 0 Å². The summed E-state index contributed by atoms with van der Waals surface area (Å²) >= 11 is 5.03. The molecule has 1 heterocycles. The van der Waals surface area contributed by atoms with E-state index in [-0.39, 0.29) is 0 Å². The zero-order chi connectivity index (χ0) is 14.8. The second-order valence-electron chi connectivity index (χ2n) is 2.93. The number of carbonyl (C=O) groups excluding carboxylic acids is 1. The van der Waals surface area contributed by atoms with Crippen molar-refractivity contribution in [3.63, 3.8) is 0 Å². The lowest BCUT2D eigenvalue weighted by Crippen LogP contribution is -2.20. The van der Waals surface area contributed by atoms with E-state index in [0.717, 1.165) is 7.11 Å². The quantitative estimate of drug-likeness (QED) is 0.481. The number of halogens is 4. The number of ether oxygens (including phenoxy) is 2. The Balaban J connectivity index is 3.54. The van der Waals surface area contributed by atoms with Gasteiger partial charge < -0.3 is 9.47 Å². The van der Waals surface area contributed by atoms with Gasteiger partial charge in [0.25, 0.3) is 5.24 Å². The summed E-state index contributed by atoms with van der Waals surface area (Å²) in [5.41, 5.74) is -2.19. The van der Waals surface area contributed by atoms with E-state index < -0.39 is 39.4 Å². The Hall–Kier alpha value is -2.10. The average molecular weight is 301 g/mol. The molecule has 0 radical (unpaired) electrons. The van der Waals surface area contributed by atoms with Crippen molar-refractivity contribution >= 4 is 22.5 Å². The van der Waals surface area contributed by atoms with E-state index in [4.69, 9.17) is 11.6 Å². The summed E-state index contributed by atoms with van der Waals surface area (Å²) in [5, 5.41) is 9.24. The summed E-state index contributed by atoms with van der Waals surface area (Å²) in [7, 11) is 1.01. The van der Waals surface area contributed by atoms with Crippen LogP contribution < -0.4 is 9.47 Å². The highest BCUT2D eigenvalue weighted by Gasteiger charge is 2.38. The normalized spacial score (nSPS) is 11.0. The molecular formula is C8H4ClF3N2O5. The van der Waals surface area contributed by atoms with Crippen LogP contribution in [-0.2, 0) is 0 Å². The summed E-state index contributed by atoms with van der Waals surface area (Å²) in [5.74, 6) is -1.84. The molecule has 0 N–H and O–H groups in total. The first-order valence-corrected chi connectivity index (χ1v) is 4.72. The highest BCUT2D eigenvalue weighted by molar-refractivity contribution is 6.68. The lowest BCUT2D eigenvalue weighted by molar-refractivity contribution is -0.386. The molecule has 1 aromatic rings. The summed E-state index contributed by atoms with van der Waals surface area (Å²) in [4.78, 5) is 23.8. The van der Waals surface area contributed by atoms with Crippen LogP contribution in [0.2, 0.25) is 0 Å². The Labute approximate surface area is 108 Å². The van der Waals surface area contributed by atoms with Crippen molar-refractivity contribution < 1.29 is 32.4 Å². The van der Waals surface area contributed by atoms with Crippen LogP contribution in [0.4, 0.5) is 18.9 Å². The molecule has 1 aromatic heterocycles. The molecule has 7 nitrogen and oxygen atoms in total. The summed E-state index contributed by atoms with van der Waals surface area (Å²) in [6.45, 7) is 0. The van der Waals surface area contributed by atoms with Crippen molar-refractivity contribution in [2.24, 2.45) is 0 Å². The van der Waals surface area contributed by atoms with Gasteiger partial charge in [-0.2, -0.15) is 0 Å². The lowest BCUT2D eigenvalue weighted by atomic mass is 10.2. The number of alkyl halides is 3. The fourth-order valence-corrected chi connectivity index (χ4v) is 1.33. The van der Waals surface area contributed by atoms with Gasteiger partial charge >= 0.3 is 12.0 Å². The number of methoxy groups -OCH3 is 1. The zero-order valence-electron chi connectivity index (χ0n) is 9.02. The third-order valence-electron chi connectivity index (χ3n) is 1.79. The van der Waals surface area contributed by atoms with Crippen LogP contribution in [0.15, 0.2) is 6.20 Å². The molecule has 0 saturated carbocycles. The van der Waals surface area contributed by atoms with Crippen LogP contribution in [0.25, 0.3) is 0 Å². The number of hydrogen-bond donors (Lipinski definition) is 0. The molecule has 1 rings (SSSR count). The van der Waals surface area contributed by atoms with E-state index in [1.807, 2.05) is 0 Å². The van der Waals surface area contributed by atoms with Gasteiger partial charge in [0.1, 0.15) is 0 Å². The van der Waals surface area contributed by atoms with Crippen molar-refractivity contribution in [3.05, 3.63) is 21.9 Å². The van der Waals surface area contributed by atoms with Gasteiger partial charge in [0.05, 0.1) is 18.2 Å². The van der Waals surface area contributed by atoms with E-state index in [2.05, 4.69) is 14.5 Å². The van der Waals surface area contributed by atoms with Crippen LogP contribution in [0.1, 0.15) is 10.4 Å². The Bertz CT molecular complexity index is 534. The monoisotopic (exact) mass is 300 g/mol. The molecule has 11 heteroatoms. The Morgan fingerprint density at radius 2 is 2.11 bits per heavy atom. The van der Waals surface area contributed by atoms with Crippen molar-refractivity contribution in [2.45, 2.75) is 6.36 Å². The molecule has 104 valence electrons. The maximum atomic E-state index is 12.1. The van der Waals surface area contributed by atoms with Crippen molar-refractivity contribution in [1.82, 2.24) is 4.98 Å². The number of aromatic nitrogens is 1. The first kappa shape index (κ1) is 15.0. The number of rotatable bonds is 4. The van der Waals surface area contributed by atoms with Gasteiger partial charge in [-0.05, 0) is 11.6 Å². The molecule has 0 unspecified atom stereocenters. The number of carbonyl (C=O) groups is 1. The number of hydrogen-bond acceptors (Lipinski definition) is 6. The van der Waals surface area contributed by atoms with Crippen LogP contribution in [0.5, 0.6) is 11.6 Å². The predicted molar refractivity (Wildman–Crippen MR) is 54.3 cm³/mol. The lowest BCUT2D eigenvalue weighted by Gasteiger charge is -2.11. The minimum atomic E-state index is -5.18. The second-order valence-corrected chi connectivity index (χ2v) is 3.28. The smallest absolute Gasteiger partial charge is 0.489 e. The molecular weight excluding hydrogens is 297 g/mol. The van der Waals surface area contributed by atoms with Gasteiger partial charge in [-0.3, -0.25) is 14.9 Å². The SMILES string of the molecule is COc1cnc(OC(F)(F)F)c(C(=O)Cl)c1[N+](=O)[O-]. The fraction of sp³-hybridized carbons (Fsp3) is 0.250. The van der Waals surface area contributed by atoms with Gasteiger partial charge in [0.15, 0.2) is 5.56 Å². The molecule has 19 heavy (non-hydrogen) atoms. The fourth-order valence-electron chi connectivity index (χ4n) is 1.16. The largest absolute Gasteiger partial charge is 0.574 e. The zero-order valence-corrected chi connectivity index (χ0v) is 9.78. The van der Waals surface area contributed by atoms with Crippen LogP contribution in [0.3, 0.4) is 0 Å². The van der Waals surface area contributed by atoms with E-state index >= 15 is 0 Å². The average Bonchev–Trinajstić information content (AvgIpc) is 2.25.